The first-order chi connectivity index (χ1) is 9.72. The predicted molar refractivity (Wildman–Crippen MR) is 85.1 cm³/mol. The molecular formula is C14H21ClN2O3S. The number of carbonyl (C=O) groups excluding carboxylic acids is 1. The Morgan fingerprint density at radius 2 is 1.86 bits per heavy atom. The molecule has 0 heterocycles. The number of halogens is 1. The van der Waals surface area contributed by atoms with Crippen LogP contribution in [0.4, 0.5) is 5.69 Å². The van der Waals surface area contributed by atoms with Crippen molar-refractivity contribution in [1.82, 2.24) is 4.72 Å². The van der Waals surface area contributed by atoms with Gasteiger partial charge < -0.3 is 5.32 Å². The number of rotatable bonds is 7. The lowest BCUT2D eigenvalue weighted by molar-refractivity contribution is -0.114. The first kappa shape index (κ1) is 17.9. The molecule has 1 rings (SSSR count). The Balaban J connectivity index is 2.94. The molecule has 0 spiro atoms. The highest BCUT2D eigenvalue weighted by atomic mass is 35.5. The maximum Gasteiger partial charge on any atom is 0.241 e. The lowest BCUT2D eigenvalue weighted by Crippen LogP contribution is -2.45. The van der Waals surface area contributed by atoms with Gasteiger partial charge in [0.05, 0.1) is 4.90 Å². The fourth-order valence-corrected chi connectivity index (χ4v) is 3.74. The average Bonchev–Trinajstić information content (AvgIpc) is 2.38. The van der Waals surface area contributed by atoms with Crippen molar-refractivity contribution in [3.63, 3.8) is 0 Å². The van der Waals surface area contributed by atoms with Gasteiger partial charge in [-0.15, -0.1) is 11.6 Å². The van der Waals surface area contributed by atoms with E-state index in [2.05, 4.69) is 10.0 Å². The van der Waals surface area contributed by atoms with E-state index >= 15 is 0 Å². The molecule has 21 heavy (non-hydrogen) atoms. The minimum Gasteiger partial charge on any atom is -0.326 e. The zero-order chi connectivity index (χ0) is 16.1. The second-order valence-corrected chi connectivity index (χ2v) is 7.22. The van der Waals surface area contributed by atoms with Gasteiger partial charge in [0.2, 0.25) is 15.9 Å². The van der Waals surface area contributed by atoms with E-state index in [-0.39, 0.29) is 10.8 Å². The van der Waals surface area contributed by atoms with Crippen molar-refractivity contribution < 1.29 is 13.2 Å². The molecule has 0 saturated carbocycles. The van der Waals surface area contributed by atoms with Gasteiger partial charge in [-0.25, -0.2) is 13.1 Å². The number of carbonyl (C=O) groups is 1. The maximum absolute atomic E-state index is 12.4. The summed E-state index contributed by atoms with van der Waals surface area (Å²) < 4.78 is 27.4. The summed E-state index contributed by atoms with van der Waals surface area (Å²) in [6.45, 7) is 5.14. The SMILES string of the molecule is CCC(C)(CCCl)NS(=O)(=O)c1ccc(NC(C)=O)cc1. The molecule has 5 nitrogen and oxygen atoms in total. The number of hydrogen-bond donors (Lipinski definition) is 2. The van der Waals surface area contributed by atoms with Crippen LogP contribution in [0.25, 0.3) is 0 Å². The molecule has 0 saturated heterocycles. The van der Waals surface area contributed by atoms with Crippen LogP contribution in [0.15, 0.2) is 29.2 Å². The van der Waals surface area contributed by atoms with Gasteiger partial charge in [-0.3, -0.25) is 4.79 Å². The quantitative estimate of drug-likeness (QED) is 0.754. The summed E-state index contributed by atoms with van der Waals surface area (Å²) in [6.07, 6.45) is 1.19. The second-order valence-electron chi connectivity index (χ2n) is 5.16. The third-order valence-corrected chi connectivity index (χ3v) is 5.14. The molecule has 0 fully saturated rings. The van der Waals surface area contributed by atoms with Crippen LogP contribution in [-0.4, -0.2) is 25.7 Å². The molecule has 118 valence electrons. The molecule has 2 N–H and O–H groups in total. The van der Waals surface area contributed by atoms with Crippen LogP contribution < -0.4 is 10.0 Å². The number of hydrogen-bond acceptors (Lipinski definition) is 3. The van der Waals surface area contributed by atoms with E-state index in [1.807, 2.05) is 13.8 Å². The van der Waals surface area contributed by atoms with Gasteiger partial charge in [0.15, 0.2) is 0 Å². The first-order valence-electron chi connectivity index (χ1n) is 6.70. The minimum atomic E-state index is -3.62. The standard InChI is InChI=1S/C14H21ClN2O3S/c1-4-14(3,9-10-15)17-21(19,20)13-7-5-12(6-8-13)16-11(2)18/h5-8,17H,4,9-10H2,1-3H3,(H,16,18). The fraction of sp³-hybridized carbons (Fsp3) is 0.500. The number of sulfonamides is 1. The van der Waals surface area contributed by atoms with Gasteiger partial charge in [0.25, 0.3) is 0 Å². The van der Waals surface area contributed by atoms with Gasteiger partial charge in [0.1, 0.15) is 0 Å². The Hall–Kier alpha value is -1.11. The van der Waals surface area contributed by atoms with E-state index in [1.165, 1.54) is 19.1 Å². The maximum atomic E-state index is 12.4. The van der Waals surface area contributed by atoms with E-state index in [9.17, 15) is 13.2 Å². The number of alkyl halides is 1. The van der Waals surface area contributed by atoms with Crippen LogP contribution in [0.1, 0.15) is 33.6 Å². The molecule has 0 aromatic heterocycles. The molecule has 0 aliphatic heterocycles. The van der Waals surface area contributed by atoms with Gasteiger partial charge in [-0.2, -0.15) is 0 Å². The van der Waals surface area contributed by atoms with Crippen molar-refractivity contribution in [3.8, 4) is 0 Å². The van der Waals surface area contributed by atoms with E-state index in [4.69, 9.17) is 11.6 Å². The van der Waals surface area contributed by atoms with E-state index in [1.54, 1.807) is 12.1 Å². The topological polar surface area (TPSA) is 75.3 Å². The summed E-state index contributed by atoms with van der Waals surface area (Å²) in [5.41, 5.74) is -0.0165. The van der Waals surface area contributed by atoms with Crippen LogP contribution in [-0.2, 0) is 14.8 Å². The number of nitrogens with one attached hydrogen (secondary N) is 2. The summed E-state index contributed by atoms with van der Waals surface area (Å²) in [6, 6.07) is 6.04. The first-order valence-corrected chi connectivity index (χ1v) is 8.72. The molecule has 0 radical (unpaired) electrons. The summed E-state index contributed by atoms with van der Waals surface area (Å²) in [5.74, 6) is 0.179. The summed E-state index contributed by atoms with van der Waals surface area (Å²) in [7, 11) is -3.62. The average molecular weight is 333 g/mol. The van der Waals surface area contributed by atoms with Crippen LogP contribution >= 0.6 is 11.6 Å². The van der Waals surface area contributed by atoms with Crippen LogP contribution in [0.2, 0.25) is 0 Å². The number of anilines is 1. The van der Waals surface area contributed by atoms with E-state index in [0.29, 0.717) is 24.4 Å². The van der Waals surface area contributed by atoms with Crippen molar-refractivity contribution in [1.29, 1.82) is 0 Å². The lowest BCUT2D eigenvalue weighted by atomic mass is 9.97. The Labute approximate surface area is 131 Å². The van der Waals surface area contributed by atoms with Gasteiger partial charge in [0, 0.05) is 24.0 Å². The van der Waals surface area contributed by atoms with Gasteiger partial charge >= 0.3 is 0 Å². The van der Waals surface area contributed by atoms with Crippen LogP contribution in [0.5, 0.6) is 0 Å². The molecule has 1 aromatic rings. The minimum absolute atomic E-state index is 0.158. The highest BCUT2D eigenvalue weighted by molar-refractivity contribution is 7.89. The number of amides is 1. The van der Waals surface area contributed by atoms with Gasteiger partial charge in [-0.1, -0.05) is 6.92 Å². The Morgan fingerprint density at radius 3 is 2.29 bits per heavy atom. The van der Waals surface area contributed by atoms with Crippen molar-refractivity contribution in [2.75, 3.05) is 11.2 Å². The van der Waals surface area contributed by atoms with Crippen molar-refractivity contribution in [2.24, 2.45) is 0 Å². The van der Waals surface area contributed by atoms with E-state index in [0.717, 1.165) is 0 Å². The molecule has 7 heteroatoms. The second kappa shape index (κ2) is 7.24. The molecular weight excluding hydrogens is 312 g/mol. The highest BCUT2D eigenvalue weighted by Gasteiger charge is 2.28. The number of benzene rings is 1. The monoisotopic (exact) mass is 332 g/mol. The largest absolute Gasteiger partial charge is 0.326 e. The highest BCUT2D eigenvalue weighted by Crippen LogP contribution is 2.21. The third kappa shape index (κ3) is 5.30. The van der Waals surface area contributed by atoms with Crippen molar-refractivity contribution >= 4 is 33.2 Å². The zero-order valence-corrected chi connectivity index (χ0v) is 14.0. The Morgan fingerprint density at radius 1 is 1.29 bits per heavy atom. The molecule has 1 unspecified atom stereocenters. The normalized spacial score (nSPS) is 14.5. The molecule has 1 aromatic carbocycles. The fourth-order valence-electron chi connectivity index (χ4n) is 1.81. The molecule has 0 bridgehead atoms. The van der Waals surface area contributed by atoms with E-state index < -0.39 is 15.6 Å². The predicted octanol–water partition coefficient (Wildman–Crippen LogP) is 2.72. The summed E-state index contributed by atoms with van der Waals surface area (Å²) in [5, 5.41) is 2.59. The smallest absolute Gasteiger partial charge is 0.241 e. The van der Waals surface area contributed by atoms with Crippen LogP contribution in [0.3, 0.4) is 0 Å². The molecule has 1 amide bonds. The van der Waals surface area contributed by atoms with Crippen LogP contribution in [0, 0.1) is 0 Å². The van der Waals surface area contributed by atoms with Gasteiger partial charge in [-0.05, 0) is 44.0 Å². The zero-order valence-electron chi connectivity index (χ0n) is 12.4. The lowest BCUT2D eigenvalue weighted by Gasteiger charge is -2.28. The molecule has 0 aliphatic rings. The van der Waals surface area contributed by atoms with Crippen molar-refractivity contribution in [2.45, 2.75) is 44.0 Å². The Kier molecular flexibility index (Phi) is 6.19. The molecule has 1 atom stereocenters. The van der Waals surface area contributed by atoms with Crippen molar-refractivity contribution in [3.05, 3.63) is 24.3 Å². The summed E-state index contributed by atoms with van der Waals surface area (Å²) in [4.78, 5) is 11.1. The summed E-state index contributed by atoms with van der Waals surface area (Å²) >= 11 is 5.73. The molecule has 0 aliphatic carbocycles. The Bertz CT molecular complexity index is 587. The third-order valence-electron chi connectivity index (χ3n) is 3.29.